The van der Waals surface area contributed by atoms with Gasteiger partial charge in [0, 0.05) is 10.9 Å². The average molecular weight is 321 g/mol. The number of aliphatic carboxylic acids is 1. The van der Waals surface area contributed by atoms with E-state index >= 15 is 0 Å². The van der Waals surface area contributed by atoms with Crippen molar-refractivity contribution in [2.75, 3.05) is 6.54 Å². The quantitative estimate of drug-likeness (QED) is 0.900. The molecule has 1 aromatic carbocycles. The van der Waals surface area contributed by atoms with E-state index < -0.39 is 11.5 Å². The molecule has 1 saturated heterocycles. The van der Waals surface area contributed by atoms with Crippen LogP contribution in [0.25, 0.3) is 0 Å². The van der Waals surface area contributed by atoms with Crippen molar-refractivity contribution in [1.29, 1.82) is 0 Å². The van der Waals surface area contributed by atoms with Gasteiger partial charge in [0.2, 0.25) is 0 Å². The van der Waals surface area contributed by atoms with Gasteiger partial charge in [-0.3, -0.25) is 4.79 Å². The zero-order chi connectivity index (χ0) is 11.6. The lowest BCUT2D eigenvalue weighted by Crippen LogP contribution is -2.49. The van der Waals surface area contributed by atoms with Crippen LogP contribution in [0.5, 0.6) is 0 Å². The first-order valence-electron chi connectivity index (χ1n) is 5.35. The fraction of sp³-hybridized carbons (Fsp3) is 0.417. The molecule has 0 amide bonds. The molecule has 0 bridgehead atoms. The maximum atomic E-state index is 11.3. The van der Waals surface area contributed by atoms with Gasteiger partial charge in [0.1, 0.15) is 5.54 Å². The van der Waals surface area contributed by atoms with E-state index in [1.54, 1.807) is 0 Å². The van der Waals surface area contributed by atoms with E-state index in [-0.39, 0.29) is 12.4 Å². The molecule has 1 aromatic rings. The van der Waals surface area contributed by atoms with Gasteiger partial charge < -0.3 is 10.4 Å². The second kappa shape index (κ2) is 5.85. The third-order valence-electron chi connectivity index (χ3n) is 3.05. The second-order valence-electron chi connectivity index (χ2n) is 4.22. The van der Waals surface area contributed by atoms with Gasteiger partial charge in [-0.1, -0.05) is 28.1 Å². The zero-order valence-electron chi connectivity index (χ0n) is 9.28. The molecule has 0 spiro atoms. The van der Waals surface area contributed by atoms with E-state index in [4.69, 9.17) is 0 Å². The van der Waals surface area contributed by atoms with Crippen molar-refractivity contribution in [3.8, 4) is 0 Å². The van der Waals surface area contributed by atoms with Crippen molar-refractivity contribution in [2.24, 2.45) is 0 Å². The van der Waals surface area contributed by atoms with Crippen molar-refractivity contribution in [1.82, 2.24) is 5.32 Å². The summed E-state index contributed by atoms with van der Waals surface area (Å²) in [7, 11) is 0. The maximum absolute atomic E-state index is 11.3. The van der Waals surface area contributed by atoms with Crippen LogP contribution in [0.1, 0.15) is 18.4 Å². The van der Waals surface area contributed by atoms with Crippen LogP contribution in [0.15, 0.2) is 28.7 Å². The number of carboxylic acid groups (broad SMARTS) is 1. The Morgan fingerprint density at radius 2 is 2.29 bits per heavy atom. The lowest BCUT2D eigenvalue weighted by Gasteiger charge is -2.24. The van der Waals surface area contributed by atoms with Gasteiger partial charge in [0.05, 0.1) is 0 Å². The number of hydrogen-bond acceptors (Lipinski definition) is 2. The van der Waals surface area contributed by atoms with E-state index in [2.05, 4.69) is 21.2 Å². The van der Waals surface area contributed by atoms with Gasteiger partial charge in [0.25, 0.3) is 0 Å². The summed E-state index contributed by atoms with van der Waals surface area (Å²) in [5.41, 5.74) is 0.284. The lowest BCUT2D eigenvalue weighted by atomic mass is 9.89. The highest BCUT2D eigenvalue weighted by atomic mass is 79.9. The van der Waals surface area contributed by atoms with Crippen LogP contribution in [-0.2, 0) is 11.2 Å². The highest BCUT2D eigenvalue weighted by molar-refractivity contribution is 9.10. The highest BCUT2D eigenvalue weighted by Crippen LogP contribution is 2.25. The average Bonchev–Trinajstić information content (AvgIpc) is 2.67. The molecule has 2 N–H and O–H groups in total. The third-order valence-corrected chi connectivity index (χ3v) is 3.54. The van der Waals surface area contributed by atoms with Crippen LogP contribution in [0, 0.1) is 0 Å². The molecule has 5 heteroatoms. The van der Waals surface area contributed by atoms with Crippen LogP contribution in [0.2, 0.25) is 0 Å². The molecular formula is C12H15BrClNO2. The Labute approximate surface area is 115 Å². The van der Waals surface area contributed by atoms with Gasteiger partial charge in [-0.2, -0.15) is 0 Å². The van der Waals surface area contributed by atoms with E-state index in [0.717, 1.165) is 23.0 Å². The normalized spacial score (nSPS) is 23.1. The summed E-state index contributed by atoms with van der Waals surface area (Å²) < 4.78 is 0.989. The molecule has 3 nitrogen and oxygen atoms in total. The maximum Gasteiger partial charge on any atom is 0.324 e. The summed E-state index contributed by atoms with van der Waals surface area (Å²) >= 11 is 3.40. The summed E-state index contributed by atoms with van der Waals surface area (Å²) in [4.78, 5) is 11.3. The van der Waals surface area contributed by atoms with E-state index in [0.29, 0.717) is 12.8 Å². The van der Waals surface area contributed by atoms with Crippen molar-refractivity contribution in [3.05, 3.63) is 34.3 Å². The molecule has 1 unspecified atom stereocenters. The Bertz CT molecular complexity index is 405. The summed E-state index contributed by atoms with van der Waals surface area (Å²) in [6.45, 7) is 0.792. The van der Waals surface area contributed by atoms with Crippen molar-refractivity contribution in [2.45, 2.75) is 24.8 Å². The van der Waals surface area contributed by atoms with E-state index in [1.807, 2.05) is 24.3 Å². The molecule has 1 aliphatic rings. The van der Waals surface area contributed by atoms with Gasteiger partial charge in [0.15, 0.2) is 0 Å². The standard InChI is InChI=1S/C12H14BrNO2.ClH/c13-10-4-1-3-9(7-10)8-12(11(15)16)5-2-6-14-12;/h1,3-4,7,14H,2,5-6,8H2,(H,15,16);1H. The Morgan fingerprint density at radius 3 is 2.82 bits per heavy atom. The number of halogens is 2. The molecule has 1 heterocycles. The van der Waals surface area contributed by atoms with Gasteiger partial charge in [-0.05, 0) is 37.1 Å². The van der Waals surface area contributed by atoms with E-state index in [9.17, 15) is 9.90 Å². The van der Waals surface area contributed by atoms with Crippen LogP contribution >= 0.6 is 28.3 Å². The molecule has 0 aromatic heterocycles. The van der Waals surface area contributed by atoms with E-state index in [1.165, 1.54) is 0 Å². The smallest absolute Gasteiger partial charge is 0.324 e. The van der Waals surface area contributed by atoms with Gasteiger partial charge in [-0.25, -0.2) is 0 Å². The minimum absolute atomic E-state index is 0. The fourth-order valence-corrected chi connectivity index (χ4v) is 2.66. The van der Waals surface area contributed by atoms with Gasteiger partial charge in [-0.15, -0.1) is 12.4 Å². The molecular weight excluding hydrogens is 305 g/mol. The predicted molar refractivity (Wildman–Crippen MR) is 72.7 cm³/mol. The Kier molecular flexibility index (Phi) is 4.98. The zero-order valence-corrected chi connectivity index (χ0v) is 11.7. The molecule has 1 aliphatic heterocycles. The lowest BCUT2D eigenvalue weighted by molar-refractivity contribution is -0.144. The summed E-state index contributed by atoms with van der Waals surface area (Å²) in [6.07, 6.45) is 2.18. The number of benzene rings is 1. The fourth-order valence-electron chi connectivity index (χ4n) is 2.21. The number of hydrogen-bond donors (Lipinski definition) is 2. The van der Waals surface area contributed by atoms with Crippen LogP contribution < -0.4 is 5.32 Å². The number of carbonyl (C=O) groups is 1. The molecule has 2 rings (SSSR count). The molecule has 94 valence electrons. The van der Waals surface area contributed by atoms with Gasteiger partial charge >= 0.3 is 5.97 Å². The first-order valence-corrected chi connectivity index (χ1v) is 6.15. The molecule has 0 aliphatic carbocycles. The predicted octanol–water partition coefficient (Wildman–Crippen LogP) is 2.62. The first kappa shape index (κ1) is 14.5. The highest BCUT2D eigenvalue weighted by Gasteiger charge is 2.40. The topological polar surface area (TPSA) is 49.3 Å². The monoisotopic (exact) mass is 319 g/mol. The van der Waals surface area contributed by atoms with Crippen molar-refractivity contribution in [3.63, 3.8) is 0 Å². The Hall–Kier alpha value is -0.580. The molecule has 1 atom stereocenters. The molecule has 1 fully saturated rings. The molecule has 17 heavy (non-hydrogen) atoms. The van der Waals surface area contributed by atoms with Crippen LogP contribution in [0.3, 0.4) is 0 Å². The van der Waals surface area contributed by atoms with Crippen LogP contribution in [0.4, 0.5) is 0 Å². The number of carboxylic acids is 1. The van der Waals surface area contributed by atoms with Crippen molar-refractivity contribution < 1.29 is 9.90 Å². The second-order valence-corrected chi connectivity index (χ2v) is 5.14. The van der Waals surface area contributed by atoms with Crippen molar-refractivity contribution >= 4 is 34.3 Å². The third kappa shape index (κ3) is 3.21. The summed E-state index contributed by atoms with van der Waals surface area (Å²) in [5, 5.41) is 12.4. The SMILES string of the molecule is Cl.O=C(O)C1(Cc2cccc(Br)c2)CCCN1. The number of nitrogens with one attached hydrogen (secondary N) is 1. The molecule has 0 radical (unpaired) electrons. The minimum Gasteiger partial charge on any atom is -0.480 e. The minimum atomic E-state index is -0.763. The largest absolute Gasteiger partial charge is 0.480 e. The number of rotatable bonds is 3. The summed E-state index contributed by atoms with van der Waals surface area (Å²) in [6, 6.07) is 7.82. The Morgan fingerprint density at radius 1 is 1.53 bits per heavy atom. The first-order chi connectivity index (χ1) is 7.62. The summed E-state index contributed by atoms with van der Waals surface area (Å²) in [5.74, 6) is -0.745. The molecule has 0 saturated carbocycles. The van der Waals surface area contributed by atoms with Crippen LogP contribution in [-0.4, -0.2) is 23.2 Å². The Balaban J connectivity index is 0.00000144.